The lowest BCUT2D eigenvalue weighted by Gasteiger charge is -2.23. The Hall–Kier alpha value is -4.00. The SMILES string of the molecule is CNC(=O)c1ccc(CN(Cc2ccco2)C(=O)c2cc3ccc(F)cc3nc2C)cc1. The van der Waals surface area contributed by atoms with Crippen LogP contribution in [0.4, 0.5) is 4.39 Å². The minimum Gasteiger partial charge on any atom is -0.467 e. The van der Waals surface area contributed by atoms with E-state index in [0.29, 0.717) is 40.0 Å². The zero-order chi connectivity index (χ0) is 22.7. The summed E-state index contributed by atoms with van der Waals surface area (Å²) in [5.41, 5.74) is 2.87. The van der Waals surface area contributed by atoms with Gasteiger partial charge in [-0.05, 0) is 55.0 Å². The smallest absolute Gasteiger partial charge is 0.256 e. The highest BCUT2D eigenvalue weighted by Crippen LogP contribution is 2.21. The highest BCUT2D eigenvalue weighted by atomic mass is 19.1. The van der Waals surface area contributed by atoms with Gasteiger partial charge in [0.25, 0.3) is 11.8 Å². The minimum absolute atomic E-state index is 0.172. The molecule has 0 saturated heterocycles. The lowest BCUT2D eigenvalue weighted by atomic mass is 10.1. The molecule has 2 amide bonds. The predicted octanol–water partition coefficient (Wildman–Crippen LogP) is 4.48. The fourth-order valence-corrected chi connectivity index (χ4v) is 3.54. The normalized spacial score (nSPS) is 10.8. The Morgan fingerprint density at radius 3 is 2.53 bits per heavy atom. The van der Waals surface area contributed by atoms with Gasteiger partial charge >= 0.3 is 0 Å². The highest BCUT2D eigenvalue weighted by Gasteiger charge is 2.21. The van der Waals surface area contributed by atoms with Crippen molar-refractivity contribution < 1.29 is 18.4 Å². The van der Waals surface area contributed by atoms with Gasteiger partial charge in [0.1, 0.15) is 11.6 Å². The molecule has 0 bridgehead atoms. The molecule has 0 atom stereocenters. The number of carbonyl (C=O) groups is 2. The zero-order valence-electron chi connectivity index (χ0n) is 17.8. The maximum Gasteiger partial charge on any atom is 0.256 e. The van der Waals surface area contributed by atoms with Gasteiger partial charge in [-0.3, -0.25) is 14.6 Å². The van der Waals surface area contributed by atoms with Crippen LogP contribution in [-0.4, -0.2) is 28.7 Å². The monoisotopic (exact) mass is 431 g/mol. The molecule has 162 valence electrons. The van der Waals surface area contributed by atoms with Crippen LogP contribution in [0.5, 0.6) is 0 Å². The van der Waals surface area contributed by atoms with E-state index in [1.165, 1.54) is 12.1 Å². The van der Waals surface area contributed by atoms with Gasteiger partial charge in [0, 0.05) is 30.6 Å². The Morgan fingerprint density at radius 2 is 1.84 bits per heavy atom. The number of fused-ring (bicyclic) bond motifs is 1. The summed E-state index contributed by atoms with van der Waals surface area (Å²) in [4.78, 5) is 31.4. The van der Waals surface area contributed by atoms with E-state index in [-0.39, 0.29) is 24.2 Å². The molecule has 32 heavy (non-hydrogen) atoms. The number of rotatable bonds is 6. The van der Waals surface area contributed by atoms with Crippen LogP contribution in [0.3, 0.4) is 0 Å². The first kappa shape index (κ1) is 21.2. The molecule has 7 heteroatoms. The number of aromatic nitrogens is 1. The second-order valence-corrected chi connectivity index (χ2v) is 7.47. The Balaban J connectivity index is 1.66. The van der Waals surface area contributed by atoms with E-state index >= 15 is 0 Å². The summed E-state index contributed by atoms with van der Waals surface area (Å²) in [5.74, 6) is -0.112. The minimum atomic E-state index is -0.372. The number of furan rings is 1. The van der Waals surface area contributed by atoms with Crippen LogP contribution in [0.25, 0.3) is 10.9 Å². The fraction of sp³-hybridized carbons (Fsp3) is 0.160. The molecule has 1 N–H and O–H groups in total. The van der Waals surface area contributed by atoms with Crippen LogP contribution in [0.2, 0.25) is 0 Å². The summed E-state index contributed by atoms with van der Waals surface area (Å²) >= 11 is 0. The number of aryl methyl sites for hydroxylation is 1. The number of benzene rings is 2. The predicted molar refractivity (Wildman–Crippen MR) is 119 cm³/mol. The van der Waals surface area contributed by atoms with Gasteiger partial charge in [-0.25, -0.2) is 4.39 Å². The molecule has 0 aliphatic carbocycles. The standard InChI is InChI=1S/C25H22FN3O3/c1-16-22(12-19-9-10-20(26)13-23(19)28-16)25(31)29(15-21-4-3-11-32-21)14-17-5-7-18(8-6-17)24(30)27-2/h3-13H,14-15H2,1-2H3,(H,27,30). The highest BCUT2D eigenvalue weighted by molar-refractivity contribution is 5.98. The molecular formula is C25H22FN3O3. The van der Waals surface area contributed by atoms with Crippen molar-refractivity contribution in [3.8, 4) is 0 Å². The van der Waals surface area contributed by atoms with Crippen molar-refractivity contribution in [1.29, 1.82) is 0 Å². The first-order valence-corrected chi connectivity index (χ1v) is 10.1. The quantitative estimate of drug-likeness (QED) is 0.489. The largest absolute Gasteiger partial charge is 0.467 e. The summed E-state index contributed by atoms with van der Waals surface area (Å²) in [6, 6.07) is 16.7. The summed E-state index contributed by atoms with van der Waals surface area (Å²) in [6.07, 6.45) is 1.56. The third-order valence-corrected chi connectivity index (χ3v) is 5.23. The van der Waals surface area contributed by atoms with Crippen LogP contribution >= 0.6 is 0 Å². The number of halogens is 1. The summed E-state index contributed by atoms with van der Waals surface area (Å²) in [5, 5.41) is 3.28. The average Bonchev–Trinajstić information content (AvgIpc) is 3.31. The first-order chi connectivity index (χ1) is 15.4. The van der Waals surface area contributed by atoms with Crippen molar-refractivity contribution in [1.82, 2.24) is 15.2 Å². The zero-order valence-corrected chi connectivity index (χ0v) is 17.8. The third-order valence-electron chi connectivity index (χ3n) is 5.23. The molecule has 2 aromatic carbocycles. The number of hydrogen-bond acceptors (Lipinski definition) is 4. The number of nitrogens with one attached hydrogen (secondary N) is 1. The number of nitrogens with zero attached hydrogens (tertiary/aromatic N) is 2. The van der Waals surface area contributed by atoms with Crippen LogP contribution in [0.15, 0.2) is 71.3 Å². The van der Waals surface area contributed by atoms with Crippen molar-refractivity contribution in [3.63, 3.8) is 0 Å². The van der Waals surface area contributed by atoms with Gasteiger partial charge in [0.05, 0.1) is 29.6 Å². The molecule has 4 aromatic rings. The molecule has 0 spiro atoms. The van der Waals surface area contributed by atoms with Crippen LogP contribution in [0.1, 0.15) is 37.7 Å². The number of amides is 2. The molecule has 0 unspecified atom stereocenters. The van der Waals surface area contributed by atoms with Gasteiger partial charge in [-0.15, -0.1) is 0 Å². The Bertz CT molecular complexity index is 1270. The number of pyridine rings is 1. The van der Waals surface area contributed by atoms with Crippen molar-refractivity contribution in [3.05, 3.63) is 101 Å². The van der Waals surface area contributed by atoms with Crippen molar-refractivity contribution in [2.45, 2.75) is 20.0 Å². The molecule has 2 heterocycles. The van der Waals surface area contributed by atoms with E-state index in [1.54, 1.807) is 55.5 Å². The van der Waals surface area contributed by atoms with Crippen LogP contribution in [0, 0.1) is 12.7 Å². The van der Waals surface area contributed by atoms with E-state index in [4.69, 9.17) is 4.42 Å². The van der Waals surface area contributed by atoms with Gasteiger partial charge < -0.3 is 14.6 Å². The molecule has 0 radical (unpaired) electrons. The van der Waals surface area contributed by atoms with E-state index in [9.17, 15) is 14.0 Å². The van der Waals surface area contributed by atoms with Crippen molar-refractivity contribution in [2.24, 2.45) is 0 Å². The van der Waals surface area contributed by atoms with Gasteiger partial charge in [-0.2, -0.15) is 0 Å². The van der Waals surface area contributed by atoms with Gasteiger partial charge in [0.2, 0.25) is 0 Å². The van der Waals surface area contributed by atoms with Crippen LogP contribution in [-0.2, 0) is 13.1 Å². The molecule has 4 rings (SSSR count). The van der Waals surface area contributed by atoms with Crippen molar-refractivity contribution >= 4 is 22.7 Å². The molecule has 0 aliphatic rings. The van der Waals surface area contributed by atoms with Gasteiger partial charge in [0.15, 0.2) is 0 Å². The van der Waals surface area contributed by atoms with E-state index in [2.05, 4.69) is 10.3 Å². The second kappa shape index (κ2) is 9.01. The maximum atomic E-state index is 13.6. The van der Waals surface area contributed by atoms with E-state index in [0.717, 1.165) is 5.56 Å². The summed E-state index contributed by atoms with van der Waals surface area (Å²) < 4.78 is 19.0. The second-order valence-electron chi connectivity index (χ2n) is 7.47. The first-order valence-electron chi connectivity index (χ1n) is 10.1. The number of hydrogen-bond donors (Lipinski definition) is 1. The summed E-state index contributed by atoms with van der Waals surface area (Å²) in [7, 11) is 1.58. The van der Waals surface area contributed by atoms with E-state index in [1.807, 2.05) is 18.2 Å². The van der Waals surface area contributed by atoms with E-state index < -0.39 is 0 Å². The molecule has 0 saturated carbocycles. The maximum absolute atomic E-state index is 13.6. The molecule has 0 aliphatic heterocycles. The van der Waals surface area contributed by atoms with Crippen LogP contribution < -0.4 is 5.32 Å². The molecule has 6 nitrogen and oxygen atoms in total. The third kappa shape index (κ3) is 4.51. The van der Waals surface area contributed by atoms with Gasteiger partial charge in [-0.1, -0.05) is 12.1 Å². The Morgan fingerprint density at radius 1 is 1.06 bits per heavy atom. The Labute approximate surface area is 184 Å². The molecular weight excluding hydrogens is 409 g/mol. The fourth-order valence-electron chi connectivity index (χ4n) is 3.54. The lowest BCUT2D eigenvalue weighted by molar-refractivity contribution is 0.0716. The molecule has 0 fully saturated rings. The van der Waals surface area contributed by atoms with Crippen molar-refractivity contribution in [2.75, 3.05) is 7.05 Å². The topological polar surface area (TPSA) is 75.4 Å². The Kier molecular flexibility index (Phi) is 5.98. The average molecular weight is 431 g/mol. The summed E-state index contributed by atoms with van der Waals surface area (Å²) in [6.45, 7) is 2.32. The number of carbonyl (C=O) groups excluding carboxylic acids is 2. The lowest BCUT2D eigenvalue weighted by Crippen LogP contribution is -2.30. The molecule has 2 aromatic heterocycles.